The molecule has 2 fully saturated rings. The predicted molar refractivity (Wildman–Crippen MR) is 107 cm³/mol. The molecule has 3 rings (SSSR count). The van der Waals surface area contributed by atoms with E-state index in [4.69, 9.17) is 5.73 Å². The molecular formula is C16H26N6O2S2. The van der Waals surface area contributed by atoms with Crippen molar-refractivity contribution >= 4 is 33.6 Å². The number of aromatic nitrogens is 1. The smallest absolute Gasteiger partial charge is 0.216 e. The van der Waals surface area contributed by atoms with Gasteiger partial charge in [0.15, 0.2) is 5.96 Å². The molecule has 0 unspecified atom stereocenters. The maximum Gasteiger partial charge on any atom is 0.216 e. The number of pyridine rings is 1. The molecule has 2 aliphatic rings. The van der Waals surface area contributed by atoms with Gasteiger partial charge < -0.3 is 15.5 Å². The van der Waals surface area contributed by atoms with Crippen molar-refractivity contribution in [2.24, 2.45) is 10.7 Å². The summed E-state index contributed by atoms with van der Waals surface area (Å²) in [5, 5.41) is 0. The number of aliphatic imine (C=N–C) groups is 1. The Labute approximate surface area is 159 Å². The average molecular weight is 399 g/mol. The average Bonchev–Trinajstić information content (AvgIpc) is 2.69. The van der Waals surface area contributed by atoms with Gasteiger partial charge in [-0.15, -0.1) is 0 Å². The fraction of sp³-hybridized carbons (Fsp3) is 0.625. The van der Waals surface area contributed by atoms with Gasteiger partial charge in [0, 0.05) is 57.0 Å². The normalized spacial score (nSPS) is 20.4. The van der Waals surface area contributed by atoms with Crippen molar-refractivity contribution in [3.63, 3.8) is 0 Å². The largest absolute Gasteiger partial charge is 0.370 e. The molecule has 1 aromatic heterocycles. The number of sulfonamides is 1. The Balaban J connectivity index is 1.48. The molecule has 0 radical (unpaired) electrons. The summed E-state index contributed by atoms with van der Waals surface area (Å²) in [5.74, 6) is 3.42. The van der Waals surface area contributed by atoms with Gasteiger partial charge in [0.2, 0.25) is 10.0 Å². The van der Waals surface area contributed by atoms with Crippen LogP contribution in [-0.2, 0) is 10.0 Å². The number of nitrogens with two attached hydrogens (primary N) is 1. The summed E-state index contributed by atoms with van der Waals surface area (Å²) in [6.45, 7) is 4.20. The minimum absolute atomic E-state index is 0.000122. The van der Waals surface area contributed by atoms with E-state index in [0.29, 0.717) is 32.1 Å². The molecule has 0 spiro atoms. The molecule has 1 aromatic rings. The van der Waals surface area contributed by atoms with Crippen molar-refractivity contribution in [3.8, 4) is 0 Å². The predicted octanol–water partition coefficient (Wildman–Crippen LogP) is -0.103. The van der Waals surface area contributed by atoms with Gasteiger partial charge in [-0.2, -0.15) is 16.1 Å². The summed E-state index contributed by atoms with van der Waals surface area (Å²) < 4.78 is 26.7. The van der Waals surface area contributed by atoms with Crippen LogP contribution in [-0.4, -0.2) is 91.6 Å². The van der Waals surface area contributed by atoms with Gasteiger partial charge in [0.1, 0.15) is 5.82 Å². The maximum absolute atomic E-state index is 12.6. The Kier molecular flexibility index (Phi) is 6.60. The monoisotopic (exact) mass is 398 g/mol. The van der Waals surface area contributed by atoms with Crippen molar-refractivity contribution in [2.75, 3.05) is 68.0 Å². The van der Waals surface area contributed by atoms with Gasteiger partial charge >= 0.3 is 0 Å². The first-order chi connectivity index (χ1) is 12.6. The zero-order valence-corrected chi connectivity index (χ0v) is 16.5. The lowest BCUT2D eigenvalue weighted by Gasteiger charge is -2.34. The molecular weight excluding hydrogens is 372 g/mol. The highest BCUT2D eigenvalue weighted by Crippen LogP contribution is 2.15. The third kappa shape index (κ3) is 5.01. The second-order valence-corrected chi connectivity index (χ2v) is 9.54. The van der Waals surface area contributed by atoms with E-state index in [9.17, 15) is 8.42 Å². The lowest BCUT2D eigenvalue weighted by Crippen LogP contribution is -2.49. The topological polar surface area (TPSA) is 95.1 Å². The molecule has 0 saturated carbocycles. The van der Waals surface area contributed by atoms with E-state index in [-0.39, 0.29) is 12.3 Å². The van der Waals surface area contributed by atoms with E-state index in [1.807, 2.05) is 34.9 Å². The van der Waals surface area contributed by atoms with Crippen LogP contribution in [0.5, 0.6) is 0 Å². The van der Waals surface area contributed by atoms with Gasteiger partial charge in [0.05, 0.1) is 12.3 Å². The highest BCUT2D eigenvalue weighted by atomic mass is 32.2. The van der Waals surface area contributed by atoms with Crippen LogP contribution < -0.4 is 10.6 Å². The van der Waals surface area contributed by atoms with Crippen molar-refractivity contribution in [3.05, 3.63) is 24.4 Å². The lowest BCUT2D eigenvalue weighted by molar-refractivity contribution is 0.384. The van der Waals surface area contributed by atoms with Gasteiger partial charge in [-0.05, 0) is 12.1 Å². The quantitative estimate of drug-likeness (QED) is 0.546. The maximum atomic E-state index is 12.6. The number of piperazine rings is 1. The first-order valence-electron chi connectivity index (χ1n) is 8.83. The Morgan fingerprint density at radius 2 is 1.88 bits per heavy atom. The van der Waals surface area contributed by atoms with E-state index in [1.165, 1.54) is 0 Å². The van der Waals surface area contributed by atoms with Crippen molar-refractivity contribution in [2.45, 2.75) is 0 Å². The van der Waals surface area contributed by atoms with E-state index in [1.54, 1.807) is 10.5 Å². The molecule has 0 amide bonds. The Hall–Kier alpha value is -1.52. The van der Waals surface area contributed by atoms with Crippen LogP contribution in [0, 0.1) is 0 Å². The number of guanidine groups is 1. The van der Waals surface area contributed by atoms with Crippen LogP contribution >= 0.6 is 11.8 Å². The van der Waals surface area contributed by atoms with Crippen LogP contribution in [0.25, 0.3) is 0 Å². The van der Waals surface area contributed by atoms with Gasteiger partial charge in [-0.25, -0.2) is 13.4 Å². The third-order valence-electron chi connectivity index (χ3n) is 4.56. The zero-order valence-electron chi connectivity index (χ0n) is 14.8. The number of hydrogen-bond donors (Lipinski definition) is 1. The molecule has 0 aliphatic carbocycles. The van der Waals surface area contributed by atoms with Crippen molar-refractivity contribution < 1.29 is 8.42 Å². The van der Waals surface area contributed by atoms with Gasteiger partial charge in [-0.1, -0.05) is 6.07 Å². The third-order valence-corrected chi connectivity index (χ3v) is 7.36. The molecule has 0 atom stereocenters. The minimum Gasteiger partial charge on any atom is -0.370 e. The molecule has 2 aliphatic heterocycles. The molecule has 10 heteroatoms. The molecule has 8 nitrogen and oxygen atoms in total. The SMILES string of the molecule is NC(=NCCS(=O)(=O)N1CCN(c2ccccn2)CC1)N1CCSCC1. The number of anilines is 1. The molecule has 3 heterocycles. The minimum atomic E-state index is -3.31. The molecule has 2 N–H and O–H groups in total. The van der Waals surface area contributed by atoms with Gasteiger partial charge in [0.25, 0.3) is 0 Å². The second-order valence-electron chi connectivity index (χ2n) is 6.23. The van der Waals surface area contributed by atoms with Crippen LogP contribution in [0.15, 0.2) is 29.4 Å². The Morgan fingerprint density at radius 1 is 1.15 bits per heavy atom. The van der Waals surface area contributed by atoms with Crippen molar-refractivity contribution in [1.82, 2.24) is 14.2 Å². The fourth-order valence-electron chi connectivity index (χ4n) is 3.03. The second kappa shape index (κ2) is 8.92. The summed E-state index contributed by atoms with van der Waals surface area (Å²) >= 11 is 1.90. The fourth-order valence-corrected chi connectivity index (χ4v) is 5.24. The zero-order chi connectivity index (χ0) is 18.4. The highest BCUT2D eigenvalue weighted by molar-refractivity contribution is 7.99. The van der Waals surface area contributed by atoms with E-state index >= 15 is 0 Å². The van der Waals surface area contributed by atoms with Crippen LogP contribution in [0.3, 0.4) is 0 Å². The van der Waals surface area contributed by atoms with E-state index in [0.717, 1.165) is 30.4 Å². The summed E-state index contributed by atoms with van der Waals surface area (Å²) in [6, 6.07) is 5.76. The summed E-state index contributed by atoms with van der Waals surface area (Å²) in [6.07, 6.45) is 1.75. The summed E-state index contributed by atoms with van der Waals surface area (Å²) in [5.41, 5.74) is 5.98. The summed E-state index contributed by atoms with van der Waals surface area (Å²) in [7, 11) is -3.31. The number of thioether (sulfide) groups is 1. The van der Waals surface area contributed by atoms with Crippen LogP contribution in [0.1, 0.15) is 0 Å². The molecule has 26 heavy (non-hydrogen) atoms. The van der Waals surface area contributed by atoms with E-state index < -0.39 is 10.0 Å². The van der Waals surface area contributed by atoms with Crippen molar-refractivity contribution in [1.29, 1.82) is 0 Å². The van der Waals surface area contributed by atoms with Gasteiger partial charge in [-0.3, -0.25) is 4.99 Å². The molecule has 144 valence electrons. The number of hydrogen-bond acceptors (Lipinski definition) is 6. The number of nitrogens with zero attached hydrogens (tertiary/aromatic N) is 5. The number of rotatable bonds is 5. The molecule has 0 bridgehead atoms. The van der Waals surface area contributed by atoms with Crippen LogP contribution in [0.4, 0.5) is 5.82 Å². The standard InChI is InChI=1S/C16H26N6O2S2/c17-16(21-10-12-25-13-11-21)19-5-14-26(23,24)22-8-6-20(7-9-22)15-3-1-2-4-18-15/h1-4H,5-14H2,(H2,17,19). The molecule has 0 aromatic carbocycles. The van der Waals surface area contributed by atoms with Crippen LogP contribution in [0.2, 0.25) is 0 Å². The Morgan fingerprint density at radius 3 is 2.54 bits per heavy atom. The Bertz CT molecular complexity index is 699. The first-order valence-corrected chi connectivity index (χ1v) is 11.6. The lowest BCUT2D eigenvalue weighted by atomic mass is 10.3. The summed E-state index contributed by atoms with van der Waals surface area (Å²) in [4.78, 5) is 12.7. The molecule has 2 saturated heterocycles. The highest BCUT2D eigenvalue weighted by Gasteiger charge is 2.27. The first kappa shape index (κ1) is 19.2. The van der Waals surface area contributed by atoms with E-state index in [2.05, 4.69) is 14.9 Å².